The van der Waals surface area contributed by atoms with E-state index in [0.29, 0.717) is 6.42 Å². The van der Waals surface area contributed by atoms with Crippen molar-refractivity contribution in [2.75, 3.05) is 0 Å². The van der Waals surface area contributed by atoms with Crippen molar-refractivity contribution in [1.82, 2.24) is 0 Å². The molecule has 0 fully saturated rings. The second-order valence-corrected chi connectivity index (χ2v) is 4.46. The number of halogens is 1. The summed E-state index contributed by atoms with van der Waals surface area (Å²) in [5, 5.41) is 0. The number of ether oxygens (including phenoxy) is 1. The first kappa shape index (κ1) is 10.4. The minimum absolute atomic E-state index is 0.114. The molecule has 0 bridgehead atoms. The zero-order valence-electron chi connectivity index (χ0n) is 8.37. The molecule has 0 spiro atoms. The molecule has 1 heterocycles. The van der Waals surface area contributed by atoms with Crippen LogP contribution in [0, 0.1) is 6.92 Å². The fourth-order valence-corrected chi connectivity index (χ4v) is 1.91. The molecule has 15 heavy (non-hydrogen) atoms. The van der Waals surface area contributed by atoms with Gasteiger partial charge in [-0.1, -0.05) is 28.1 Å². The molecule has 2 nitrogen and oxygen atoms in total. The van der Waals surface area contributed by atoms with Crippen LogP contribution >= 0.6 is 15.9 Å². The summed E-state index contributed by atoms with van der Waals surface area (Å²) in [6.07, 6.45) is 3.23. The third-order valence-electron chi connectivity index (χ3n) is 2.45. The summed E-state index contributed by atoms with van der Waals surface area (Å²) in [6.45, 7) is 2.03. The lowest BCUT2D eigenvalue weighted by atomic mass is 10.0. The number of hydrogen-bond acceptors (Lipinski definition) is 2. The van der Waals surface area contributed by atoms with Crippen LogP contribution in [0.4, 0.5) is 0 Å². The Kier molecular flexibility index (Phi) is 2.91. The molecule has 1 aliphatic heterocycles. The van der Waals surface area contributed by atoms with Crippen LogP contribution in [0.5, 0.6) is 0 Å². The van der Waals surface area contributed by atoms with E-state index < -0.39 is 0 Å². The minimum Gasteiger partial charge on any atom is -0.493 e. The first-order valence-corrected chi connectivity index (χ1v) is 5.57. The third-order valence-corrected chi connectivity index (χ3v) is 3.31. The Morgan fingerprint density at radius 2 is 2.27 bits per heavy atom. The highest BCUT2D eigenvalue weighted by atomic mass is 79.9. The molecule has 78 valence electrons. The normalized spacial score (nSPS) is 20.1. The van der Waals surface area contributed by atoms with Crippen molar-refractivity contribution in [2.45, 2.75) is 19.4 Å². The Morgan fingerprint density at radius 3 is 2.93 bits per heavy atom. The van der Waals surface area contributed by atoms with Gasteiger partial charge >= 0.3 is 0 Å². The molecular weight excluding hydrogens is 256 g/mol. The average Bonchev–Trinajstić information content (AvgIpc) is 2.22. The maximum Gasteiger partial charge on any atom is 0.162 e. The zero-order chi connectivity index (χ0) is 10.8. The van der Waals surface area contributed by atoms with Crippen molar-refractivity contribution in [3.05, 3.63) is 46.1 Å². The van der Waals surface area contributed by atoms with Crippen molar-refractivity contribution in [2.24, 2.45) is 0 Å². The van der Waals surface area contributed by atoms with Gasteiger partial charge in [-0.15, -0.1) is 0 Å². The quantitative estimate of drug-likeness (QED) is 0.780. The van der Waals surface area contributed by atoms with E-state index in [4.69, 9.17) is 4.74 Å². The molecule has 0 aromatic heterocycles. The topological polar surface area (TPSA) is 26.3 Å². The van der Waals surface area contributed by atoms with Gasteiger partial charge in [0.1, 0.15) is 6.10 Å². The molecule has 3 heteroatoms. The molecule has 0 aliphatic carbocycles. The number of aryl methyl sites for hydroxylation is 1. The first-order chi connectivity index (χ1) is 7.16. The summed E-state index contributed by atoms with van der Waals surface area (Å²) in [6, 6.07) is 6.02. The predicted molar refractivity (Wildman–Crippen MR) is 61.5 cm³/mol. The Hall–Kier alpha value is -1.09. The zero-order valence-corrected chi connectivity index (χ0v) is 9.95. The van der Waals surface area contributed by atoms with Crippen LogP contribution < -0.4 is 0 Å². The van der Waals surface area contributed by atoms with Gasteiger partial charge in [0.15, 0.2) is 5.78 Å². The molecule has 0 radical (unpaired) electrons. The predicted octanol–water partition coefficient (Wildman–Crippen LogP) is 3.30. The molecule has 2 rings (SSSR count). The monoisotopic (exact) mass is 266 g/mol. The Balaban J connectivity index is 2.26. The largest absolute Gasteiger partial charge is 0.493 e. The molecule has 1 unspecified atom stereocenters. The van der Waals surface area contributed by atoms with Crippen molar-refractivity contribution in [3.8, 4) is 0 Å². The third kappa shape index (κ3) is 2.29. The van der Waals surface area contributed by atoms with Gasteiger partial charge in [0.05, 0.1) is 12.7 Å². The molecule has 0 saturated heterocycles. The highest BCUT2D eigenvalue weighted by Gasteiger charge is 2.18. The smallest absolute Gasteiger partial charge is 0.162 e. The van der Waals surface area contributed by atoms with Crippen LogP contribution in [-0.4, -0.2) is 5.78 Å². The SMILES string of the molecule is Cc1ccc(C2CC(=O)C=CO2)cc1Br. The van der Waals surface area contributed by atoms with Gasteiger partial charge in [-0.3, -0.25) is 4.79 Å². The minimum atomic E-state index is -0.139. The number of benzene rings is 1. The second-order valence-electron chi connectivity index (χ2n) is 3.61. The van der Waals surface area contributed by atoms with E-state index in [1.165, 1.54) is 17.9 Å². The van der Waals surface area contributed by atoms with Crippen LogP contribution in [0.25, 0.3) is 0 Å². The van der Waals surface area contributed by atoms with E-state index in [1.54, 1.807) is 0 Å². The fraction of sp³-hybridized carbons (Fsp3) is 0.250. The maximum atomic E-state index is 11.2. The van der Waals surface area contributed by atoms with Gasteiger partial charge in [0.25, 0.3) is 0 Å². The molecule has 0 N–H and O–H groups in total. The van der Waals surface area contributed by atoms with Gasteiger partial charge in [-0.05, 0) is 24.1 Å². The van der Waals surface area contributed by atoms with Gasteiger partial charge in [0.2, 0.25) is 0 Å². The average molecular weight is 267 g/mol. The van der Waals surface area contributed by atoms with Crippen LogP contribution in [-0.2, 0) is 9.53 Å². The summed E-state index contributed by atoms with van der Waals surface area (Å²) >= 11 is 3.47. The van der Waals surface area contributed by atoms with Crippen molar-refractivity contribution in [1.29, 1.82) is 0 Å². The van der Waals surface area contributed by atoms with E-state index in [9.17, 15) is 4.79 Å². The lowest BCUT2D eigenvalue weighted by molar-refractivity contribution is -0.118. The number of carbonyl (C=O) groups excluding carboxylic acids is 1. The van der Waals surface area contributed by atoms with Crippen molar-refractivity contribution in [3.63, 3.8) is 0 Å². The van der Waals surface area contributed by atoms with Gasteiger partial charge in [0, 0.05) is 10.5 Å². The Labute approximate surface area is 97.1 Å². The van der Waals surface area contributed by atoms with E-state index in [-0.39, 0.29) is 11.9 Å². The highest BCUT2D eigenvalue weighted by molar-refractivity contribution is 9.10. The van der Waals surface area contributed by atoms with Crippen LogP contribution in [0.2, 0.25) is 0 Å². The van der Waals surface area contributed by atoms with Crippen LogP contribution in [0.1, 0.15) is 23.7 Å². The summed E-state index contributed by atoms with van der Waals surface area (Å²) in [4.78, 5) is 11.2. The molecule has 1 atom stereocenters. The molecule has 1 aromatic rings. The fourth-order valence-electron chi connectivity index (χ4n) is 1.51. The number of rotatable bonds is 1. The lowest BCUT2D eigenvalue weighted by Crippen LogP contribution is -2.11. The summed E-state index contributed by atoms with van der Waals surface area (Å²) in [5.74, 6) is 0.114. The molecule has 0 amide bonds. The molecule has 0 saturated carbocycles. The Morgan fingerprint density at radius 1 is 1.47 bits per heavy atom. The summed E-state index contributed by atoms with van der Waals surface area (Å²) in [5.41, 5.74) is 2.21. The molecule has 1 aliphatic rings. The standard InChI is InChI=1S/C12H11BrO2/c1-8-2-3-9(6-11(8)13)12-7-10(14)4-5-15-12/h2-6,12H,7H2,1H3. The van der Waals surface area contributed by atoms with Crippen LogP contribution in [0.15, 0.2) is 35.0 Å². The van der Waals surface area contributed by atoms with Gasteiger partial charge < -0.3 is 4.74 Å². The Bertz CT molecular complexity index is 424. The number of hydrogen-bond donors (Lipinski definition) is 0. The molecule has 1 aromatic carbocycles. The number of carbonyl (C=O) groups is 1. The van der Waals surface area contributed by atoms with E-state index in [0.717, 1.165) is 10.0 Å². The lowest BCUT2D eigenvalue weighted by Gasteiger charge is -2.19. The van der Waals surface area contributed by atoms with Crippen LogP contribution in [0.3, 0.4) is 0 Å². The van der Waals surface area contributed by atoms with Crippen molar-refractivity contribution < 1.29 is 9.53 Å². The molecular formula is C12H11BrO2. The maximum absolute atomic E-state index is 11.2. The summed E-state index contributed by atoms with van der Waals surface area (Å²) in [7, 11) is 0. The second kappa shape index (κ2) is 4.19. The van der Waals surface area contributed by atoms with E-state index >= 15 is 0 Å². The first-order valence-electron chi connectivity index (χ1n) is 4.78. The number of allylic oxidation sites excluding steroid dienone is 1. The van der Waals surface area contributed by atoms with Gasteiger partial charge in [-0.25, -0.2) is 0 Å². The van der Waals surface area contributed by atoms with E-state index in [1.807, 2.05) is 25.1 Å². The highest BCUT2D eigenvalue weighted by Crippen LogP contribution is 2.28. The van der Waals surface area contributed by atoms with E-state index in [2.05, 4.69) is 15.9 Å². The number of ketones is 1. The van der Waals surface area contributed by atoms with Crippen molar-refractivity contribution >= 4 is 21.7 Å². The van der Waals surface area contributed by atoms with Gasteiger partial charge in [-0.2, -0.15) is 0 Å². The summed E-state index contributed by atoms with van der Waals surface area (Å²) < 4.78 is 6.45.